The number of ether oxygens (including phenoxy) is 2. The number of halogens is 1. The number of hydrogen-bond acceptors (Lipinski definition) is 3. The largest absolute Gasteiger partial charge is 0.493 e. The first-order valence-electron chi connectivity index (χ1n) is 6.27. The van der Waals surface area contributed by atoms with E-state index in [2.05, 4.69) is 4.98 Å². The number of benzene rings is 2. The maximum absolute atomic E-state index is 6.20. The SMILES string of the molecule is COc1ccc(-n2c(=S)[nH]c3c(Cl)cccc32)cc1OC. The maximum Gasteiger partial charge on any atom is 0.182 e. The first-order valence-corrected chi connectivity index (χ1v) is 7.06. The molecule has 6 heteroatoms. The molecule has 0 amide bonds. The van der Waals surface area contributed by atoms with Gasteiger partial charge in [-0.3, -0.25) is 4.57 Å². The van der Waals surface area contributed by atoms with Gasteiger partial charge in [0.15, 0.2) is 16.3 Å². The Balaban J connectivity index is 2.28. The molecule has 4 nitrogen and oxygen atoms in total. The number of aromatic amines is 1. The summed E-state index contributed by atoms with van der Waals surface area (Å²) in [6.07, 6.45) is 0. The highest BCUT2D eigenvalue weighted by Crippen LogP contribution is 2.31. The lowest BCUT2D eigenvalue weighted by molar-refractivity contribution is 0.355. The van der Waals surface area contributed by atoms with Crippen LogP contribution >= 0.6 is 23.8 Å². The van der Waals surface area contributed by atoms with Gasteiger partial charge in [0.1, 0.15) is 0 Å². The van der Waals surface area contributed by atoms with Crippen molar-refractivity contribution in [2.45, 2.75) is 0 Å². The third-order valence-electron chi connectivity index (χ3n) is 3.29. The second kappa shape index (κ2) is 5.42. The molecule has 21 heavy (non-hydrogen) atoms. The fraction of sp³-hybridized carbons (Fsp3) is 0.133. The lowest BCUT2D eigenvalue weighted by Crippen LogP contribution is -1.97. The number of aromatic nitrogens is 2. The molecule has 0 bridgehead atoms. The molecule has 1 aromatic heterocycles. The summed E-state index contributed by atoms with van der Waals surface area (Å²) in [6.45, 7) is 0. The van der Waals surface area contributed by atoms with Crippen molar-refractivity contribution in [1.29, 1.82) is 0 Å². The van der Waals surface area contributed by atoms with Gasteiger partial charge in [-0.15, -0.1) is 0 Å². The number of para-hydroxylation sites is 1. The van der Waals surface area contributed by atoms with Gasteiger partial charge >= 0.3 is 0 Å². The van der Waals surface area contributed by atoms with Crippen LogP contribution in [0.1, 0.15) is 0 Å². The van der Waals surface area contributed by atoms with Crippen molar-refractivity contribution < 1.29 is 9.47 Å². The van der Waals surface area contributed by atoms with E-state index < -0.39 is 0 Å². The molecule has 0 aliphatic carbocycles. The van der Waals surface area contributed by atoms with Crippen LogP contribution in [0.2, 0.25) is 5.02 Å². The zero-order valence-corrected chi connectivity index (χ0v) is 13.1. The first-order chi connectivity index (χ1) is 10.2. The smallest absolute Gasteiger partial charge is 0.182 e. The summed E-state index contributed by atoms with van der Waals surface area (Å²) in [5, 5.41) is 0.637. The minimum absolute atomic E-state index is 0.574. The van der Waals surface area contributed by atoms with E-state index in [4.69, 9.17) is 33.3 Å². The quantitative estimate of drug-likeness (QED) is 0.729. The normalized spacial score (nSPS) is 10.8. The summed E-state index contributed by atoms with van der Waals surface area (Å²) in [5.74, 6) is 1.32. The van der Waals surface area contributed by atoms with Crippen molar-refractivity contribution in [3.8, 4) is 17.2 Å². The number of hydrogen-bond donors (Lipinski definition) is 1. The van der Waals surface area contributed by atoms with Crippen LogP contribution < -0.4 is 9.47 Å². The summed E-state index contributed by atoms with van der Waals surface area (Å²) in [4.78, 5) is 3.13. The summed E-state index contributed by atoms with van der Waals surface area (Å²) in [5.41, 5.74) is 2.62. The van der Waals surface area contributed by atoms with Gasteiger partial charge in [-0.2, -0.15) is 0 Å². The van der Waals surface area contributed by atoms with Crippen LogP contribution in [-0.4, -0.2) is 23.8 Å². The van der Waals surface area contributed by atoms with E-state index in [1.165, 1.54) is 0 Å². The van der Waals surface area contributed by atoms with Crippen LogP contribution in [-0.2, 0) is 0 Å². The van der Waals surface area contributed by atoms with Crippen LogP contribution in [0.15, 0.2) is 36.4 Å². The number of fused-ring (bicyclic) bond motifs is 1. The topological polar surface area (TPSA) is 39.2 Å². The minimum atomic E-state index is 0.574. The van der Waals surface area contributed by atoms with Crippen molar-refractivity contribution in [3.05, 3.63) is 46.2 Å². The van der Waals surface area contributed by atoms with Gasteiger partial charge < -0.3 is 14.5 Å². The predicted octanol–water partition coefficient (Wildman–Crippen LogP) is 4.36. The van der Waals surface area contributed by atoms with E-state index in [0.29, 0.717) is 21.3 Å². The lowest BCUT2D eigenvalue weighted by atomic mass is 10.2. The molecular weight excluding hydrogens is 308 g/mol. The molecule has 0 radical (unpaired) electrons. The minimum Gasteiger partial charge on any atom is -0.493 e. The van der Waals surface area contributed by atoms with Gasteiger partial charge in [0.2, 0.25) is 0 Å². The van der Waals surface area contributed by atoms with E-state index in [9.17, 15) is 0 Å². The van der Waals surface area contributed by atoms with Crippen LogP contribution in [0, 0.1) is 4.77 Å². The summed E-state index contributed by atoms with van der Waals surface area (Å²) in [6, 6.07) is 11.3. The van der Waals surface area contributed by atoms with E-state index in [1.807, 2.05) is 41.0 Å². The molecule has 1 heterocycles. The zero-order valence-electron chi connectivity index (χ0n) is 11.5. The Labute approximate surface area is 131 Å². The Bertz CT molecular complexity index is 870. The Morgan fingerprint density at radius 2 is 1.86 bits per heavy atom. The number of imidazole rings is 1. The molecule has 0 spiro atoms. The molecule has 3 aromatic rings. The van der Waals surface area contributed by atoms with Gasteiger partial charge in [0.05, 0.1) is 36.0 Å². The Morgan fingerprint density at radius 3 is 2.57 bits per heavy atom. The van der Waals surface area contributed by atoms with Crippen LogP contribution in [0.25, 0.3) is 16.7 Å². The molecule has 2 aromatic carbocycles. The van der Waals surface area contributed by atoms with E-state index in [0.717, 1.165) is 16.7 Å². The van der Waals surface area contributed by atoms with Crippen molar-refractivity contribution in [1.82, 2.24) is 9.55 Å². The molecule has 0 aliphatic rings. The van der Waals surface area contributed by atoms with E-state index >= 15 is 0 Å². The molecule has 0 aliphatic heterocycles. The maximum atomic E-state index is 6.20. The van der Waals surface area contributed by atoms with E-state index in [1.54, 1.807) is 14.2 Å². The average Bonchev–Trinajstić information content (AvgIpc) is 2.84. The zero-order chi connectivity index (χ0) is 15.0. The fourth-order valence-electron chi connectivity index (χ4n) is 2.32. The highest BCUT2D eigenvalue weighted by atomic mass is 35.5. The summed E-state index contributed by atoms with van der Waals surface area (Å²) < 4.78 is 13.1. The Morgan fingerprint density at radius 1 is 1.10 bits per heavy atom. The van der Waals surface area contributed by atoms with Gasteiger partial charge in [-0.05, 0) is 36.5 Å². The molecule has 0 saturated heterocycles. The Kier molecular flexibility index (Phi) is 3.61. The average molecular weight is 321 g/mol. The summed E-state index contributed by atoms with van der Waals surface area (Å²) >= 11 is 11.6. The van der Waals surface area contributed by atoms with Crippen molar-refractivity contribution in [2.75, 3.05) is 14.2 Å². The number of nitrogens with one attached hydrogen (secondary N) is 1. The number of H-pyrrole nitrogens is 1. The van der Waals surface area contributed by atoms with Crippen molar-refractivity contribution >= 4 is 34.9 Å². The molecule has 0 atom stereocenters. The third kappa shape index (κ3) is 2.28. The molecule has 0 unspecified atom stereocenters. The molecular formula is C15H13ClN2O2S. The second-order valence-corrected chi connectivity index (χ2v) is 5.23. The molecule has 1 N–H and O–H groups in total. The van der Waals surface area contributed by atoms with Gasteiger partial charge in [0, 0.05) is 6.07 Å². The fourth-order valence-corrected chi connectivity index (χ4v) is 2.84. The molecule has 108 valence electrons. The first kappa shape index (κ1) is 14.0. The van der Waals surface area contributed by atoms with Crippen molar-refractivity contribution in [2.24, 2.45) is 0 Å². The monoisotopic (exact) mass is 320 g/mol. The van der Waals surface area contributed by atoms with Gasteiger partial charge in [-0.1, -0.05) is 17.7 Å². The van der Waals surface area contributed by atoms with Gasteiger partial charge in [-0.25, -0.2) is 0 Å². The number of nitrogens with zero attached hydrogens (tertiary/aromatic N) is 1. The highest BCUT2D eigenvalue weighted by Gasteiger charge is 2.11. The highest BCUT2D eigenvalue weighted by molar-refractivity contribution is 7.71. The van der Waals surface area contributed by atoms with Gasteiger partial charge in [0.25, 0.3) is 0 Å². The standard InChI is InChI=1S/C15H13ClN2O2S/c1-19-12-7-6-9(8-13(12)20-2)18-11-5-3-4-10(16)14(11)17-15(18)21/h3-8H,1-2H3,(H,17,21). The Hall–Kier alpha value is -1.98. The summed E-state index contributed by atoms with van der Waals surface area (Å²) in [7, 11) is 3.21. The lowest BCUT2D eigenvalue weighted by Gasteiger charge is -2.10. The van der Waals surface area contributed by atoms with Crippen molar-refractivity contribution in [3.63, 3.8) is 0 Å². The van der Waals surface area contributed by atoms with Crippen LogP contribution in [0.4, 0.5) is 0 Å². The number of methoxy groups -OCH3 is 2. The second-order valence-electron chi connectivity index (χ2n) is 4.44. The van der Waals surface area contributed by atoms with Crippen LogP contribution in [0.3, 0.4) is 0 Å². The predicted molar refractivity (Wildman–Crippen MR) is 86.6 cm³/mol. The molecule has 0 saturated carbocycles. The molecule has 3 rings (SSSR count). The number of rotatable bonds is 3. The molecule has 0 fully saturated rings. The van der Waals surface area contributed by atoms with E-state index in [-0.39, 0.29) is 0 Å². The third-order valence-corrected chi connectivity index (χ3v) is 3.89. The van der Waals surface area contributed by atoms with Crippen LogP contribution in [0.5, 0.6) is 11.5 Å².